The van der Waals surface area contributed by atoms with E-state index in [2.05, 4.69) is 15.1 Å². The van der Waals surface area contributed by atoms with Gasteiger partial charge in [-0.05, 0) is 37.1 Å². The van der Waals surface area contributed by atoms with E-state index < -0.39 is 10.0 Å². The smallest absolute Gasteiger partial charge is 0.256 e. The van der Waals surface area contributed by atoms with Crippen LogP contribution in [0, 0.1) is 0 Å². The third-order valence-electron chi connectivity index (χ3n) is 3.91. The second-order valence-electron chi connectivity index (χ2n) is 5.84. The average Bonchev–Trinajstić information content (AvgIpc) is 3.25. The van der Waals surface area contributed by atoms with Crippen LogP contribution >= 0.6 is 0 Å². The first-order chi connectivity index (χ1) is 11.9. The number of amides is 1. The van der Waals surface area contributed by atoms with E-state index in [-0.39, 0.29) is 23.5 Å². The Morgan fingerprint density at radius 2 is 2.08 bits per heavy atom. The van der Waals surface area contributed by atoms with Crippen molar-refractivity contribution in [2.45, 2.75) is 23.8 Å². The SMILES string of the molecule is Cn1ccc(NC(=O)c2ccc(S(=O)(=O)NC[C@@H]3CCCO3)cc2)n1. The van der Waals surface area contributed by atoms with Crippen LogP contribution in [-0.2, 0) is 21.8 Å². The molecule has 1 aromatic carbocycles. The summed E-state index contributed by atoms with van der Waals surface area (Å²) in [7, 11) is -1.87. The summed E-state index contributed by atoms with van der Waals surface area (Å²) in [5.74, 6) is 0.0809. The summed E-state index contributed by atoms with van der Waals surface area (Å²) < 4.78 is 34.1. The molecule has 1 aromatic heterocycles. The standard InChI is InChI=1S/C16H20N4O4S/c1-20-9-8-15(19-20)18-16(21)12-4-6-14(7-5-12)25(22,23)17-11-13-3-2-10-24-13/h4-9,13,17H,2-3,10-11H2,1H3,(H,18,19,21)/t13-/m0/s1. The van der Waals surface area contributed by atoms with Crippen LogP contribution in [0.15, 0.2) is 41.4 Å². The van der Waals surface area contributed by atoms with E-state index in [1.807, 2.05) is 0 Å². The van der Waals surface area contributed by atoms with Gasteiger partial charge in [0.25, 0.3) is 5.91 Å². The van der Waals surface area contributed by atoms with E-state index in [9.17, 15) is 13.2 Å². The Labute approximate surface area is 146 Å². The lowest BCUT2D eigenvalue weighted by Gasteiger charge is -2.11. The van der Waals surface area contributed by atoms with Gasteiger partial charge >= 0.3 is 0 Å². The second-order valence-corrected chi connectivity index (χ2v) is 7.61. The third kappa shape index (κ3) is 4.44. The van der Waals surface area contributed by atoms with Crippen molar-refractivity contribution in [2.75, 3.05) is 18.5 Å². The zero-order valence-electron chi connectivity index (χ0n) is 13.8. The maximum atomic E-state index is 12.3. The maximum absolute atomic E-state index is 12.3. The van der Waals surface area contributed by atoms with Crippen LogP contribution in [0.1, 0.15) is 23.2 Å². The summed E-state index contributed by atoms with van der Waals surface area (Å²) in [6.45, 7) is 0.927. The maximum Gasteiger partial charge on any atom is 0.256 e. The third-order valence-corrected chi connectivity index (χ3v) is 5.35. The molecular formula is C16H20N4O4S. The average molecular weight is 364 g/mol. The van der Waals surface area contributed by atoms with Crippen molar-refractivity contribution < 1.29 is 17.9 Å². The molecule has 0 spiro atoms. The molecule has 1 aliphatic heterocycles. The molecule has 1 saturated heterocycles. The van der Waals surface area contributed by atoms with E-state index in [0.717, 1.165) is 12.8 Å². The van der Waals surface area contributed by atoms with Crippen molar-refractivity contribution in [1.29, 1.82) is 0 Å². The van der Waals surface area contributed by atoms with E-state index in [1.54, 1.807) is 24.0 Å². The van der Waals surface area contributed by atoms with Gasteiger partial charge < -0.3 is 10.1 Å². The number of sulfonamides is 1. The van der Waals surface area contributed by atoms with E-state index >= 15 is 0 Å². The number of benzene rings is 1. The Kier molecular flexibility index (Phi) is 5.16. The molecule has 1 amide bonds. The number of aromatic nitrogens is 2. The highest BCUT2D eigenvalue weighted by Crippen LogP contribution is 2.14. The number of hydrogen-bond donors (Lipinski definition) is 2. The van der Waals surface area contributed by atoms with Crippen LogP contribution < -0.4 is 10.0 Å². The van der Waals surface area contributed by atoms with Gasteiger partial charge in [0.1, 0.15) is 0 Å². The molecule has 1 aliphatic rings. The molecule has 134 valence electrons. The van der Waals surface area contributed by atoms with Gasteiger partial charge in [0.05, 0.1) is 11.0 Å². The Balaban J connectivity index is 1.63. The second kappa shape index (κ2) is 7.34. The number of anilines is 1. The first-order valence-electron chi connectivity index (χ1n) is 7.96. The van der Waals surface area contributed by atoms with E-state index in [1.165, 1.54) is 24.3 Å². The molecule has 0 aliphatic carbocycles. The molecule has 2 aromatic rings. The fourth-order valence-electron chi connectivity index (χ4n) is 2.55. The monoisotopic (exact) mass is 364 g/mol. The molecular weight excluding hydrogens is 344 g/mol. The number of hydrogen-bond acceptors (Lipinski definition) is 5. The Hall–Kier alpha value is -2.23. The normalized spacial score (nSPS) is 17.6. The molecule has 0 bridgehead atoms. The number of ether oxygens (including phenoxy) is 1. The topological polar surface area (TPSA) is 102 Å². The van der Waals surface area contributed by atoms with Crippen molar-refractivity contribution in [3.8, 4) is 0 Å². The first kappa shape index (κ1) is 17.6. The van der Waals surface area contributed by atoms with Crippen LogP contribution in [0.5, 0.6) is 0 Å². The predicted molar refractivity (Wildman–Crippen MR) is 91.8 cm³/mol. The Morgan fingerprint density at radius 1 is 1.32 bits per heavy atom. The molecule has 0 saturated carbocycles. The molecule has 1 atom stereocenters. The van der Waals surface area contributed by atoms with Gasteiger partial charge in [-0.2, -0.15) is 5.10 Å². The molecule has 9 heteroatoms. The lowest BCUT2D eigenvalue weighted by atomic mass is 10.2. The number of nitrogens with zero attached hydrogens (tertiary/aromatic N) is 2. The van der Waals surface area contributed by atoms with Crippen molar-refractivity contribution in [1.82, 2.24) is 14.5 Å². The van der Waals surface area contributed by atoms with Crippen molar-refractivity contribution in [2.24, 2.45) is 7.05 Å². The predicted octanol–water partition coefficient (Wildman–Crippen LogP) is 1.13. The van der Waals surface area contributed by atoms with E-state index in [4.69, 9.17) is 4.74 Å². The Morgan fingerprint density at radius 3 is 2.68 bits per heavy atom. The van der Waals surface area contributed by atoms with Gasteiger partial charge in [-0.3, -0.25) is 9.48 Å². The highest BCUT2D eigenvalue weighted by Gasteiger charge is 2.20. The quantitative estimate of drug-likeness (QED) is 0.800. The van der Waals surface area contributed by atoms with Crippen molar-refractivity contribution >= 4 is 21.7 Å². The molecule has 2 heterocycles. The summed E-state index contributed by atoms with van der Waals surface area (Å²) in [5.41, 5.74) is 0.351. The Bertz CT molecular complexity index is 839. The minimum absolute atomic E-state index is 0.0711. The molecule has 8 nitrogen and oxygen atoms in total. The minimum atomic E-state index is -3.62. The molecule has 0 radical (unpaired) electrons. The van der Waals surface area contributed by atoms with Crippen LogP contribution in [0.25, 0.3) is 0 Å². The lowest BCUT2D eigenvalue weighted by molar-refractivity contribution is 0.102. The summed E-state index contributed by atoms with van der Waals surface area (Å²) in [6.07, 6.45) is 3.45. The van der Waals surface area contributed by atoms with Crippen LogP contribution in [0.3, 0.4) is 0 Å². The van der Waals surface area contributed by atoms with Crippen LogP contribution in [-0.4, -0.2) is 43.4 Å². The van der Waals surface area contributed by atoms with Crippen molar-refractivity contribution in [3.05, 3.63) is 42.1 Å². The van der Waals surface area contributed by atoms with Gasteiger partial charge in [-0.25, -0.2) is 13.1 Å². The van der Waals surface area contributed by atoms with Gasteiger partial charge in [0, 0.05) is 38.0 Å². The van der Waals surface area contributed by atoms with Gasteiger partial charge in [-0.1, -0.05) is 0 Å². The number of nitrogens with one attached hydrogen (secondary N) is 2. The fourth-order valence-corrected chi connectivity index (χ4v) is 3.61. The highest BCUT2D eigenvalue weighted by atomic mass is 32.2. The van der Waals surface area contributed by atoms with E-state index in [0.29, 0.717) is 18.0 Å². The molecule has 0 unspecified atom stereocenters. The summed E-state index contributed by atoms with van der Waals surface area (Å²) in [4.78, 5) is 12.3. The molecule has 3 rings (SSSR count). The number of aryl methyl sites for hydroxylation is 1. The largest absolute Gasteiger partial charge is 0.377 e. The van der Waals surface area contributed by atoms with Crippen LogP contribution in [0.2, 0.25) is 0 Å². The molecule has 2 N–H and O–H groups in total. The van der Waals surface area contributed by atoms with Gasteiger partial charge in [-0.15, -0.1) is 0 Å². The first-order valence-corrected chi connectivity index (χ1v) is 9.45. The summed E-state index contributed by atoms with van der Waals surface area (Å²) in [5, 5.41) is 6.71. The number of carbonyl (C=O) groups excluding carboxylic acids is 1. The fraction of sp³-hybridized carbons (Fsp3) is 0.375. The summed E-state index contributed by atoms with van der Waals surface area (Å²) >= 11 is 0. The minimum Gasteiger partial charge on any atom is -0.377 e. The molecule has 1 fully saturated rings. The van der Waals surface area contributed by atoms with Crippen molar-refractivity contribution in [3.63, 3.8) is 0 Å². The lowest BCUT2D eigenvalue weighted by Crippen LogP contribution is -2.31. The number of rotatable bonds is 6. The zero-order chi connectivity index (χ0) is 17.9. The van der Waals surface area contributed by atoms with Gasteiger partial charge in [0.15, 0.2) is 5.82 Å². The van der Waals surface area contributed by atoms with Crippen LogP contribution in [0.4, 0.5) is 5.82 Å². The summed E-state index contributed by atoms with van der Waals surface area (Å²) in [6, 6.07) is 7.43. The number of carbonyl (C=O) groups is 1. The molecule has 25 heavy (non-hydrogen) atoms. The highest BCUT2D eigenvalue weighted by molar-refractivity contribution is 7.89. The van der Waals surface area contributed by atoms with Gasteiger partial charge in [0.2, 0.25) is 10.0 Å². The zero-order valence-corrected chi connectivity index (χ0v) is 14.6.